The van der Waals surface area contributed by atoms with Gasteiger partial charge in [0.2, 0.25) is 0 Å². The summed E-state index contributed by atoms with van der Waals surface area (Å²) in [5.41, 5.74) is 0. The molecular weight excluding hydrogens is 1260 g/mol. The van der Waals surface area contributed by atoms with Gasteiger partial charge >= 0.3 is 39.5 Å². The summed E-state index contributed by atoms with van der Waals surface area (Å²) in [6.45, 7) is 7.24. The zero-order chi connectivity index (χ0) is 70.5. The minimum atomic E-state index is -4.96. The summed E-state index contributed by atoms with van der Waals surface area (Å²) >= 11 is 0. The average molecular weight is 1410 g/mol. The van der Waals surface area contributed by atoms with Crippen molar-refractivity contribution in [2.75, 3.05) is 39.6 Å². The van der Waals surface area contributed by atoms with Crippen molar-refractivity contribution in [3.8, 4) is 0 Å². The van der Waals surface area contributed by atoms with Crippen LogP contribution in [0.4, 0.5) is 0 Å². The largest absolute Gasteiger partial charge is 0.472 e. The Hall–Kier alpha value is -1.94. The molecule has 17 nitrogen and oxygen atoms in total. The van der Waals surface area contributed by atoms with E-state index < -0.39 is 97.5 Å². The van der Waals surface area contributed by atoms with Crippen molar-refractivity contribution in [3.05, 3.63) is 0 Å². The van der Waals surface area contributed by atoms with Crippen LogP contribution in [0.25, 0.3) is 0 Å². The predicted octanol–water partition coefficient (Wildman–Crippen LogP) is 22.9. The van der Waals surface area contributed by atoms with E-state index in [0.717, 1.165) is 102 Å². The highest BCUT2D eigenvalue weighted by Gasteiger charge is 2.30. The first-order chi connectivity index (χ1) is 46.5. The number of hydrogen-bond acceptors (Lipinski definition) is 15. The maximum Gasteiger partial charge on any atom is 0.472 e. The van der Waals surface area contributed by atoms with Crippen molar-refractivity contribution < 1.29 is 80.2 Å². The molecule has 0 aliphatic carbocycles. The highest BCUT2D eigenvalue weighted by atomic mass is 31.2. The molecule has 0 aliphatic heterocycles. The van der Waals surface area contributed by atoms with E-state index in [1.165, 1.54) is 225 Å². The molecule has 0 bridgehead atoms. The number of phosphoric ester groups is 2. The first kappa shape index (κ1) is 94.1. The van der Waals surface area contributed by atoms with Gasteiger partial charge in [-0.1, -0.05) is 356 Å². The smallest absolute Gasteiger partial charge is 0.462 e. The molecule has 0 aliphatic rings. The number of rotatable bonds is 77. The summed E-state index contributed by atoms with van der Waals surface area (Å²) in [4.78, 5) is 72.6. The summed E-state index contributed by atoms with van der Waals surface area (Å²) in [5.74, 6) is -1.32. The van der Waals surface area contributed by atoms with E-state index in [-0.39, 0.29) is 25.7 Å². The molecular formula is C77H150O17P2. The van der Waals surface area contributed by atoms with Crippen molar-refractivity contribution in [3.63, 3.8) is 0 Å². The molecule has 5 atom stereocenters. The van der Waals surface area contributed by atoms with E-state index in [9.17, 15) is 43.2 Å². The third kappa shape index (κ3) is 70.5. The molecule has 0 aromatic carbocycles. The van der Waals surface area contributed by atoms with Crippen LogP contribution in [0.3, 0.4) is 0 Å². The van der Waals surface area contributed by atoms with E-state index >= 15 is 0 Å². The van der Waals surface area contributed by atoms with Gasteiger partial charge in [0.05, 0.1) is 26.4 Å². The molecule has 0 radical (unpaired) electrons. The highest BCUT2D eigenvalue weighted by Crippen LogP contribution is 2.45. The van der Waals surface area contributed by atoms with Crippen LogP contribution in [-0.4, -0.2) is 96.7 Å². The second-order valence-electron chi connectivity index (χ2n) is 28.2. The molecule has 2 unspecified atom stereocenters. The van der Waals surface area contributed by atoms with Crippen LogP contribution in [-0.2, 0) is 65.4 Å². The molecule has 96 heavy (non-hydrogen) atoms. The van der Waals surface area contributed by atoms with Crippen molar-refractivity contribution in [1.29, 1.82) is 0 Å². The van der Waals surface area contributed by atoms with E-state index in [1.807, 2.05) is 0 Å². The number of esters is 4. The van der Waals surface area contributed by atoms with Crippen LogP contribution in [0.5, 0.6) is 0 Å². The minimum Gasteiger partial charge on any atom is -0.462 e. The van der Waals surface area contributed by atoms with Crippen LogP contribution in [0.1, 0.15) is 407 Å². The Balaban J connectivity index is 5.13. The highest BCUT2D eigenvalue weighted by molar-refractivity contribution is 7.47. The number of carbonyl (C=O) groups excluding carboxylic acids is 4. The van der Waals surface area contributed by atoms with Gasteiger partial charge in [-0.3, -0.25) is 37.3 Å². The van der Waals surface area contributed by atoms with Gasteiger partial charge in [0.25, 0.3) is 0 Å². The summed E-state index contributed by atoms with van der Waals surface area (Å²) in [6.07, 6.45) is 60.0. The lowest BCUT2D eigenvalue weighted by atomic mass is 10.0. The molecule has 0 heterocycles. The standard InChI is InChI=1S/C77H150O17P2/c1-6-9-12-15-17-19-21-23-25-27-28-30-36-40-44-48-53-58-63-77(82)94-73(67-88-75(80)61-56-51-46-42-38-34-32-31-33-37-41-45-50-54-59-70(4)5)69-92-96(85,86)90-65-71(78)64-89-95(83,84)91-68-72(66-87-74(79)60-55-49-14-11-8-3)93-76(81)62-57-52-47-43-39-35-29-26-24-22-20-18-16-13-10-7-2/h70-73,78H,6-69H2,1-5H3,(H,83,84)(H,85,86)/t71-,72+,73+/m0/s1. The van der Waals surface area contributed by atoms with Crippen LogP contribution in [0, 0.1) is 5.92 Å². The van der Waals surface area contributed by atoms with Gasteiger partial charge in [-0.2, -0.15) is 0 Å². The fourth-order valence-corrected chi connectivity index (χ4v) is 13.5. The third-order valence-corrected chi connectivity index (χ3v) is 19.9. The van der Waals surface area contributed by atoms with Gasteiger partial charge in [0.1, 0.15) is 19.3 Å². The number of phosphoric acid groups is 2. The summed E-state index contributed by atoms with van der Waals surface area (Å²) in [7, 11) is -9.90. The Morgan fingerprint density at radius 1 is 0.281 bits per heavy atom. The third-order valence-electron chi connectivity index (χ3n) is 18.0. The van der Waals surface area contributed by atoms with Gasteiger partial charge in [-0.15, -0.1) is 0 Å². The maximum atomic E-state index is 13.1. The Morgan fingerprint density at radius 3 is 0.708 bits per heavy atom. The van der Waals surface area contributed by atoms with Crippen molar-refractivity contribution in [2.24, 2.45) is 5.92 Å². The van der Waals surface area contributed by atoms with Gasteiger partial charge in [-0.25, -0.2) is 9.13 Å². The normalized spacial score (nSPS) is 13.9. The second-order valence-corrected chi connectivity index (χ2v) is 31.1. The predicted molar refractivity (Wildman–Crippen MR) is 391 cm³/mol. The first-order valence-corrected chi connectivity index (χ1v) is 43.1. The Bertz CT molecular complexity index is 1840. The first-order valence-electron chi connectivity index (χ1n) is 40.1. The van der Waals surface area contributed by atoms with Crippen molar-refractivity contribution >= 4 is 39.5 Å². The van der Waals surface area contributed by atoms with Gasteiger partial charge in [0, 0.05) is 25.7 Å². The van der Waals surface area contributed by atoms with Crippen LogP contribution >= 0.6 is 15.6 Å². The van der Waals surface area contributed by atoms with Gasteiger partial charge in [0.15, 0.2) is 12.2 Å². The van der Waals surface area contributed by atoms with E-state index in [1.54, 1.807) is 0 Å². The Labute approximate surface area is 588 Å². The zero-order valence-electron chi connectivity index (χ0n) is 62.5. The maximum absolute atomic E-state index is 13.1. The molecule has 0 aromatic heterocycles. The van der Waals surface area contributed by atoms with Crippen LogP contribution < -0.4 is 0 Å². The minimum absolute atomic E-state index is 0.108. The molecule has 0 spiro atoms. The quantitative estimate of drug-likeness (QED) is 0.0222. The average Bonchev–Trinajstić information content (AvgIpc) is 1.15. The van der Waals surface area contributed by atoms with Crippen molar-refractivity contribution in [2.45, 2.75) is 425 Å². The molecule has 3 N–H and O–H groups in total. The molecule has 0 rings (SSSR count). The summed E-state index contributed by atoms with van der Waals surface area (Å²) in [6, 6.07) is 0. The number of unbranched alkanes of at least 4 members (excludes halogenated alkanes) is 49. The molecule has 0 fully saturated rings. The molecule has 0 amide bonds. The fraction of sp³-hybridized carbons (Fsp3) is 0.948. The number of aliphatic hydroxyl groups excluding tert-OH is 1. The fourth-order valence-electron chi connectivity index (χ4n) is 11.9. The Morgan fingerprint density at radius 2 is 0.479 bits per heavy atom. The number of carbonyl (C=O) groups is 4. The molecule has 0 saturated carbocycles. The van der Waals surface area contributed by atoms with Crippen molar-refractivity contribution in [1.82, 2.24) is 0 Å². The van der Waals surface area contributed by atoms with E-state index in [4.69, 9.17) is 37.0 Å². The van der Waals surface area contributed by atoms with Gasteiger partial charge < -0.3 is 33.8 Å². The number of hydrogen-bond donors (Lipinski definition) is 3. The molecule has 19 heteroatoms. The van der Waals surface area contributed by atoms with Crippen LogP contribution in [0.2, 0.25) is 0 Å². The number of ether oxygens (including phenoxy) is 4. The molecule has 0 saturated heterocycles. The topological polar surface area (TPSA) is 237 Å². The lowest BCUT2D eigenvalue weighted by molar-refractivity contribution is -0.161. The van der Waals surface area contributed by atoms with E-state index in [0.29, 0.717) is 25.7 Å². The summed E-state index contributed by atoms with van der Waals surface area (Å²) in [5, 5.41) is 10.6. The number of aliphatic hydroxyl groups is 1. The van der Waals surface area contributed by atoms with E-state index in [2.05, 4.69) is 34.6 Å². The van der Waals surface area contributed by atoms with Gasteiger partial charge in [-0.05, 0) is 31.6 Å². The lowest BCUT2D eigenvalue weighted by Gasteiger charge is -2.21. The molecule has 570 valence electrons. The van der Waals surface area contributed by atoms with Crippen LogP contribution in [0.15, 0.2) is 0 Å². The summed E-state index contributed by atoms with van der Waals surface area (Å²) < 4.78 is 68.4. The lowest BCUT2D eigenvalue weighted by Crippen LogP contribution is -2.30. The second kappa shape index (κ2) is 70.1. The zero-order valence-corrected chi connectivity index (χ0v) is 64.3. The Kier molecular flexibility index (Phi) is 68.7. The molecule has 0 aromatic rings. The SMILES string of the molecule is CCCCCCCCCCCCCCCCCCCCC(=O)O[C@H](COC(=O)CCCCCCCCCCCCCCCCC(C)C)COP(=O)(O)OC[C@@H](O)COP(=O)(O)OC[C@@H](COC(=O)CCCCCCC)OC(=O)CCCCCCCCCCCCCCCCCC. The monoisotopic (exact) mass is 1410 g/mol.